The van der Waals surface area contributed by atoms with Gasteiger partial charge in [0.1, 0.15) is 11.6 Å². The van der Waals surface area contributed by atoms with Gasteiger partial charge in [0.15, 0.2) is 0 Å². The van der Waals surface area contributed by atoms with Crippen LogP contribution in [0, 0.1) is 6.92 Å². The van der Waals surface area contributed by atoms with E-state index in [1.807, 2.05) is 20.0 Å². The van der Waals surface area contributed by atoms with Crippen LogP contribution in [0.25, 0.3) is 0 Å². The van der Waals surface area contributed by atoms with E-state index in [1.54, 1.807) is 0 Å². The van der Waals surface area contributed by atoms with E-state index in [1.165, 1.54) is 12.8 Å². The summed E-state index contributed by atoms with van der Waals surface area (Å²) >= 11 is 0. The lowest BCUT2D eigenvalue weighted by Crippen LogP contribution is -2.22. The summed E-state index contributed by atoms with van der Waals surface area (Å²) in [5.74, 6) is 1.77. The number of nitrogens with zero attached hydrogens (tertiary/aromatic N) is 2. The van der Waals surface area contributed by atoms with Crippen molar-refractivity contribution in [2.45, 2.75) is 38.7 Å². The maximum absolute atomic E-state index is 5.69. The van der Waals surface area contributed by atoms with Gasteiger partial charge in [-0.05, 0) is 26.2 Å². The predicted molar refractivity (Wildman–Crippen MR) is 63.6 cm³/mol. The fourth-order valence-electron chi connectivity index (χ4n) is 2.02. The smallest absolute Gasteiger partial charge is 0.133 e. The highest BCUT2D eigenvalue weighted by molar-refractivity contribution is 5.34. The Morgan fingerprint density at radius 3 is 3.00 bits per heavy atom. The molecule has 2 heterocycles. The first-order valence-corrected chi connectivity index (χ1v) is 5.92. The van der Waals surface area contributed by atoms with Gasteiger partial charge in [-0.2, -0.15) is 0 Å². The van der Waals surface area contributed by atoms with Crippen molar-refractivity contribution in [1.29, 1.82) is 0 Å². The van der Waals surface area contributed by atoms with Gasteiger partial charge in [0.05, 0.1) is 6.10 Å². The molecule has 0 spiro atoms. The van der Waals surface area contributed by atoms with Crippen LogP contribution in [0.1, 0.15) is 30.8 Å². The Kier molecular flexibility index (Phi) is 3.72. The number of ether oxygens (including phenoxy) is 1. The second kappa shape index (κ2) is 5.25. The summed E-state index contributed by atoms with van der Waals surface area (Å²) in [6, 6.07) is 1.95. The maximum Gasteiger partial charge on any atom is 0.133 e. The topological polar surface area (TPSA) is 47.0 Å². The first-order chi connectivity index (χ1) is 7.78. The zero-order valence-electron chi connectivity index (χ0n) is 9.99. The second-order valence-electron chi connectivity index (χ2n) is 4.25. The highest BCUT2D eigenvalue weighted by atomic mass is 16.5. The molecule has 2 rings (SSSR count). The van der Waals surface area contributed by atoms with Crippen molar-refractivity contribution >= 4 is 5.82 Å². The van der Waals surface area contributed by atoms with E-state index in [4.69, 9.17) is 4.74 Å². The molecule has 1 aromatic heterocycles. The SMILES string of the molecule is CNc1cc(C)nc(CC2CCCCO2)n1. The standard InChI is InChI=1S/C12H19N3O/c1-9-7-11(13-2)15-12(14-9)8-10-5-3-4-6-16-10/h7,10H,3-6,8H2,1-2H3,(H,13,14,15). The summed E-state index contributed by atoms with van der Waals surface area (Å²) in [4.78, 5) is 8.89. The molecule has 0 bridgehead atoms. The van der Waals surface area contributed by atoms with Gasteiger partial charge in [-0.3, -0.25) is 0 Å². The summed E-state index contributed by atoms with van der Waals surface area (Å²) in [5.41, 5.74) is 1.00. The van der Waals surface area contributed by atoms with Gasteiger partial charge in [-0.15, -0.1) is 0 Å². The van der Waals surface area contributed by atoms with Crippen LogP contribution >= 0.6 is 0 Å². The average molecular weight is 221 g/mol. The number of rotatable bonds is 3. The highest BCUT2D eigenvalue weighted by Gasteiger charge is 2.16. The van der Waals surface area contributed by atoms with E-state index >= 15 is 0 Å². The quantitative estimate of drug-likeness (QED) is 0.847. The molecule has 1 aliphatic rings. The average Bonchev–Trinajstić information content (AvgIpc) is 2.29. The predicted octanol–water partition coefficient (Wildman–Crippen LogP) is 1.94. The Labute approximate surface area is 96.4 Å². The van der Waals surface area contributed by atoms with Crippen molar-refractivity contribution in [2.75, 3.05) is 19.0 Å². The van der Waals surface area contributed by atoms with Crippen molar-refractivity contribution in [1.82, 2.24) is 9.97 Å². The summed E-state index contributed by atoms with van der Waals surface area (Å²) in [7, 11) is 1.88. The van der Waals surface area contributed by atoms with Crippen LogP contribution in [-0.2, 0) is 11.2 Å². The van der Waals surface area contributed by atoms with Gasteiger partial charge in [0.2, 0.25) is 0 Å². The molecule has 0 aromatic carbocycles. The molecule has 1 aliphatic heterocycles. The molecule has 1 unspecified atom stereocenters. The molecule has 1 aromatic rings. The van der Waals surface area contributed by atoms with Gasteiger partial charge in [0.25, 0.3) is 0 Å². The lowest BCUT2D eigenvalue weighted by molar-refractivity contribution is 0.0156. The van der Waals surface area contributed by atoms with Gasteiger partial charge in [0, 0.05) is 31.8 Å². The zero-order chi connectivity index (χ0) is 11.4. The van der Waals surface area contributed by atoms with Crippen molar-refractivity contribution in [2.24, 2.45) is 0 Å². The summed E-state index contributed by atoms with van der Waals surface area (Å²) in [6.45, 7) is 2.88. The normalized spacial score (nSPS) is 20.8. The molecular formula is C12H19N3O. The molecule has 1 saturated heterocycles. The van der Waals surface area contributed by atoms with Crippen molar-refractivity contribution in [3.05, 3.63) is 17.6 Å². The molecule has 4 heteroatoms. The maximum atomic E-state index is 5.69. The zero-order valence-corrected chi connectivity index (χ0v) is 9.99. The van der Waals surface area contributed by atoms with Gasteiger partial charge in [-0.1, -0.05) is 0 Å². The molecule has 0 aliphatic carbocycles. The minimum atomic E-state index is 0.306. The molecule has 1 N–H and O–H groups in total. The van der Waals surface area contributed by atoms with Crippen LogP contribution in [0.5, 0.6) is 0 Å². The van der Waals surface area contributed by atoms with Crippen LogP contribution < -0.4 is 5.32 Å². The summed E-state index contributed by atoms with van der Waals surface area (Å²) < 4.78 is 5.69. The van der Waals surface area contributed by atoms with E-state index in [2.05, 4.69) is 15.3 Å². The molecule has 0 radical (unpaired) electrons. The largest absolute Gasteiger partial charge is 0.378 e. The highest BCUT2D eigenvalue weighted by Crippen LogP contribution is 2.16. The van der Waals surface area contributed by atoms with Crippen LogP contribution in [0.3, 0.4) is 0 Å². The van der Waals surface area contributed by atoms with Crippen molar-refractivity contribution in [3.8, 4) is 0 Å². The lowest BCUT2D eigenvalue weighted by Gasteiger charge is -2.22. The lowest BCUT2D eigenvalue weighted by atomic mass is 10.1. The fourth-order valence-corrected chi connectivity index (χ4v) is 2.02. The number of aryl methyl sites for hydroxylation is 1. The Morgan fingerprint density at radius 2 is 2.31 bits per heavy atom. The summed E-state index contributed by atoms with van der Waals surface area (Å²) in [5, 5.41) is 3.05. The molecule has 0 amide bonds. The van der Waals surface area contributed by atoms with Gasteiger partial charge < -0.3 is 10.1 Å². The van der Waals surface area contributed by atoms with Crippen LogP contribution in [-0.4, -0.2) is 29.7 Å². The van der Waals surface area contributed by atoms with Crippen molar-refractivity contribution < 1.29 is 4.74 Å². The number of hydrogen-bond acceptors (Lipinski definition) is 4. The third-order valence-corrected chi connectivity index (χ3v) is 2.84. The molecule has 88 valence electrons. The summed E-state index contributed by atoms with van der Waals surface area (Å²) in [6.07, 6.45) is 4.71. The van der Waals surface area contributed by atoms with E-state index in [0.717, 1.165) is 36.8 Å². The van der Waals surface area contributed by atoms with E-state index < -0.39 is 0 Å². The van der Waals surface area contributed by atoms with Gasteiger partial charge >= 0.3 is 0 Å². The number of anilines is 1. The minimum absolute atomic E-state index is 0.306. The third kappa shape index (κ3) is 2.92. The van der Waals surface area contributed by atoms with Crippen LogP contribution in [0.2, 0.25) is 0 Å². The number of hydrogen-bond donors (Lipinski definition) is 1. The number of aromatic nitrogens is 2. The third-order valence-electron chi connectivity index (χ3n) is 2.84. The Morgan fingerprint density at radius 1 is 1.44 bits per heavy atom. The molecule has 16 heavy (non-hydrogen) atoms. The molecule has 1 fully saturated rings. The Hall–Kier alpha value is -1.16. The van der Waals surface area contributed by atoms with Crippen molar-refractivity contribution in [3.63, 3.8) is 0 Å². The first-order valence-electron chi connectivity index (χ1n) is 5.92. The molecule has 1 atom stereocenters. The molecule has 4 nitrogen and oxygen atoms in total. The Bertz CT molecular complexity index is 348. The minimum Gasteiger partial charge on any atom is -0.378 e. The van der Waals surface area contributed by atoms with Gasteiger partial charge in [-0.25, -0.2) is 9.97 Å². The first kappa shape index (κ1) is 11.3. The second-order valence-corrected chi connectivity index (χ2v) is 4.25. The van der Waals surface area contributed by atoms with Crippen LogP contribution in [0.4, 0.5) is 5.82 Å². The fraction of sp³-hybridized carbons (Fsp3) is 0.667. The molecule has 0 saturated carbocycles. The number of nitrogens with one attached hydrogen (secondary N) is 1. The van der Waals surface area contributed by atoms with E-state index in [0.29, 0.717) is 6.10 Å². The van der Waals surface area contributed by atoms with E-state index in [9.17, 15) is 0 Å². The monoisotopic (exact) mass is 221 g/mol. The van der Waals surface area contributed by atoms with E-state index in [-0.39, 0.29) is 0 Å². The van der Waals surface area contributed by atoms with Crippen LogP contribution in [0.15, 0.2) is 6.07 Å². The molecular weight excluding hydrogens is 202 g/mol. The Balaban J connectivity index is 2.04.